The molecule has 0 aromatic heterocycles. The molecular weight excluding hydrogens is 1070 g/mol. The van der Waals surface area contributed by atoms with Crippen LogP contribution in [-0.2, 0) is 42.7 Å². The fourth-order valence-electron chi connectivity index (χ4n) is 8.88. The van der Waals surface area contributed by atoms with Crippen molar-refractivity contribution in [3.05, 3.63) is 107 Å². The largest absolute Gasteiger partial charge is 0.571 e. The lowest BCUT2D eigenvalue weighted by Crippen LogP contribution is -2.65. The minimum atomic E-state index is -2.17. The quantitative estimate of drug-likeness (QED) is 0.0244. The number of fused-ring (bicyclic) bond motifs is 1. The van der Waals surface area contributed by atoms with Gasteiger partial charge in [-0.25, -0.2) is 9.59 Å². The lowest BCUT2D eigenvalue weighted by molar-refractivity contribution is -0.364. The molecule has 4 aliphatic rings. The van der Waals surface area contributed by atoms with Gasteiger partial charge < -0.3 is 124 Å². The first-order chi connectivity index (χ1) is 38.2. The van der Waals surface area contributed by atoms with Crippen LogP contribution in [0, 0.1) is 0 Å². The Bertz CT molecular complexity index is 2880. The van der Waals surface area contributed by atoms with Crippen molar-refractivity contribution in [3.8, 4) is 51.7 Å². The number of rotatable bonds is 18. The number of aliphatic hydroxyl groups excluding tert-OH is 9. The standard InChI is InChI=1S/C53H58O27/c1-70-32-13-23(14-33(71-2)40(32)62)6-12-39(61)79-49-45(67)42(64)36(20-55)77-53(49)80-50-46(68)43(65)37(21-72-38(60)11-5-22-3-8-25(56)9-4-22)78-52(50)75-34-18-27-30(73-48(34)24-7-10-28(58)29(59)15-24)16-26(57)17-31(27)74-51-47(69)44(66)41(63)35(19-54)76-51/h3-18,35-37,41-59,62-69H,19-21H2,1-2H3/p+1/b11-5+,12-6+/t35-,36+,37-,41-,42-,43-,44+,45+,46-,47+,48?,49-,50-,51-,52-,53+/m1/s1. The number of hydrogen-bond acceptors (Lipinski definition) is 26. The summed E-state index contributed by atoms with van der Waals surface area (Å²) in [5.74, 6) is -4.92. The number of ether oxygens (including phenoxy) is 11. The minimum Gasteiger partial charge on any atom is -0.571 e. The van der Waals surface area contributed by atoms with Gasteiger partial charge in [-0.15, -0.1) is 0 Å². The summed E-state index contributed by atoms with van der Waals surface area (Å²) in [7, 11) is 2.55. The summed E-state index contributed by atoms with van der Waals surface area (Å²) in [6.07, 6.45) is -24.3. The summed E-state index contributed by atoms with van der Waals surface area (Å²) in [5.41, 5.74) is 0.767. The van der Waals surface area contributed by atoms with E-state index in [2.05, 4.69) is 0 Å². The first-order valence-electron chi connectivity index (χ1n) is 24.4. The van der Waals surface area contributed by atoms with Crippen LogP contribution in [0.4, 0.5) is 0 Å². The molecule has 3 saturated heterocycles. The van der Waals surface area contributed by atoms with Gasteiger partial charge in [-0.05, 0) is 65.7 Å². The number of aliphatic hydroxyl groups is 10. The number of aromatic hydroxyl groups is 6. The molecular formula is C53H59O27+. The van der Waals surface area contributed by atoms with Crippen LogP contribution in [0.2, 0.25) is 0 Å². The molecule has 0 bridgehead atoms. The molecule has 0 amide bonds. The first-order valence-corrected chi connectivity index (χ1v) is 24.4. The molecule has 0 radical (unpaired) electrons. The number of phenolic OH excluding ortho intramolecular Hbond substituents is 5. The molecule has 27 heteroatoms. The second kappa shape index (κ2) is 25.3. The van der Waals surface area contributed by atoms with E-state index in [0.717, 1.165) is 30.4 Å². The Morgan fingerprint density at radius 1 is 0.575 bits per heavy atom. The van der Waals surface area contributed by atoms with Crippen LogP contribution < -0.4 is 14.2 Å². The Balaban J connectivity index is 1.16. The zero-order valence-corrected chi connectivity index (χ0v) is 42.2. The predicted molar refractivity (Wildman–Crippen MR) is 267 cm³/mol. The molecule has 8 rings (SSSR count). The third-order valence-electron chi connectivity index (χ3n) is 13.2. The highest BCUT2D eigenvalue weighted by atomic mass is 16.8. The molecule has 4 aliphatic heterocycles. The summed E-state index contributed by atoms with van der Waals surface area (Å²) in [5, 5.41) is 150. The van der Waals surface area contributed by atoms with Crippen LogP contribution in [0.1, 0.15) is 28.4 Å². The Hall–Kier alpha value is -7.48. The number of carbonyl (C=O) groups is 2. The van der Waals surface area contributed by atoms with Crippen LogP contribution in [0.25, 0.3) is 18.2 Å². The lowest BCUT2D eigenvalue weighted by atomic mass is 9.96. The first kappa shape index (κ1) is 58.7. The summed E-state index contributed by atoms with van der Waals surface area (Å²) >= 11 is 0. The van der Waals surface area contributed by atoms with Gasteiger partial charge in [-0.1, -0.05) is 12.1 Å². The van der Waals surface area contributed by atoms with E-state index >= 15 is 0 Å². The Morgan fingerprint density at radius 2 is 1.18 bits per heavy atom. The summed E-state index contributed by atoms with van der Waals surface area (Å²) < 4.78 is 62.3. The maximum absolute atomic E-state index is 13.5. The van der Waals surface area contributed by atoms with E-state index < -0.39 is 147 Å². The Kier molecular flexibility index (Phi) is 18.6. The number of phenols is 5. The number of methoxy groups -OCH3 is 2. The number of carbonyl (C=O) groups excluding carboxylic acids is 2. The van der Waals surface area contributed by atoms with E-state index in [1.54, 1.807) is 0 Å². The molecule has 4 aromatic carbocycles. The SMILES string of the molecule is COc1cc(/C=C/C(=O)O[C@H]2[C@H](O[C@H]3[C@H](OC4=Cc5c(O[C@@H]6O[C@H](CO)[C@@H](O)[C@H](O)[C@@H]6O)cc(O)cc5[OH+]C4c4ccc(O)c(O)c4)O[C@H](COC(=O)/C=C/c4ccc(O)cc4)[C@@H](O)[C@H]3O)O[C@@H](CO)[C@@H](O)[C@@H]2O)cc(OC)c1O. The van der Waals surface area contributed by atoms with Crippen molar-refractivity contribution in [2.45, 2.75) is 98.2 Å². The van der Waals surface area contributed by atoms with Crippen molar-refractivity contribution >= 4 is 30.2 Å². The zero-order chi connectivity index (χ0) is 57.7. The van der Waals surface area contributed by atoms with Gasteiger partial charge in [0.1, 0.15) is 90.5 Å². The van der Waals surface area contributed by atoms with E-state index in [4.69, 9.17) is 52.1 Å². The van der Waals surface area contributed by atoms with Gasteiger partial charge in [-0.3, -0.25) is 0 Å². The van der Waals surface area contributed by atoms with E-state index in [1.807, 2.05) is 0 Å². The van der Waals surface area contributed by atoms with Crippen molar-refractivity contribution in [2.24, 2.45) is 0 Å². The second-order valence-electron chi connectivity index (χ2n) is 18.5. The Morgan fingerprint density at radius 3 is 1.82 bits per heavy atom. The van der Waals surface area contributed by atoms with Gasteiger partial charge >= 0.3 is 11.9 Å². The molecule has 4 aromatic rings. The smallest absolute Gasteiger partial charge is 0.331 e. The van der Waals surface area contributed by atoms with Crippen molar-refractivity contribution in [2.75, 3.05) is 34.0 Å². The molecule has 4 heterocycles. The molecule has 27 nitrogen and oxygen atoms in total. The fraction of sp³-hybridized carbons (Fsp3) is 0.396. The van der Waals surface area contributed by atoms with Crippen molar-refractivity contribution in [1.29, 1.82) is 0 Å². The van der Waals surface area contributed by atoms with Gasteiger partial charge in [-0.2, -0.15) is 0 Å². The molecule has 0 aliphatic carbocycles. The average molecular weight is 1130 g/mol. The van der Waals surface area contributed by atoms with Gasteiger partial charge in [0.15, 0.2) is 47.3 Å². The van der Waals surface area contributed by atoms with Gasteiger partial charge in [0.2, 0.25) is 18.3 Å². The number of esters is 2. The summed E-state index contributed by atoms with van der Waals surface area (Å²) in [6, 6.07) is 14.2. The molecule has 0 saturated carbocycles. The third kappa shape index (κ3) is 12.9. The van der Waals surface area contributed by atoms with Gasteiger partial charge in [0, 0.05) is 24.3 Å². The molecule has 432 valence electrons. The normalized spacial score (nSPS) is 30.4. The van der Waals surface area contributed by atoms with E-state index in [0.29, 0.717) is 5.56 Å². The summed E-state index contributed by atoms with van der Waals surface area (Å²) in [6.45, 7) is -2.56. The van der Waals surface area contributed by atoms with E-state index in [9.17, 15) is 81.1 Å². The van der Waals surface area contributed by atoms with E-state index in [1.165, 1.54) is 81.0 Å². The highest BCUT2D eigenvalue weighted by molar-refractivity contribution is 5.88. The third-order valence-corrected chi connectivity index (χ3v) is 13.2. The van der Waals surface area contributed by atoms with Crippen LogP contribution in [0.15, 0.2) is 84.6 Å². The van der Waals surface area contributed by atoms with Gasteiger partial charge in [0.05, 0.1) is 39.1 Å². The highest BCUT2D eigenvalue weighted by Gasteiger charge is 2.54. The maximum atomic E-state index is 13.5. The monoisotopic (exact) mass is 1130 g/mol. The minimum absolute atomic E-state index is 0.0225. The van der Waals surface area contributed by atoms with Crippen LogP contribution in [-0.4, -0.2) is 214 Å². The van der Waals surface area contributed by atoms with Crippen molar-refractivity contribution in [3.63, 3.8) is 0 Å². The van der Waals surface area contributed by atoms with Crippen molar-refractivity contribution in [1.82, 2.24) is 0 Å². The molecule has 80 heavy (non-hydrogen) atoms. The van der Waals surface area contributed by atoms with Gasteiger partial charge in [0.25, 0.3) is 11.9 Å². The lowest BCUT2D eigenvalue weighted by Gasteiger charge is -2.46. The summed E-state index contributed by atoms with van der Waals surface area (Å²) in [4.78, 5) is 26.5. The highest BCUT2D eigenvalue weighted by Crippen LogP contribution is 2.48. The Labute approximate surface area is 453 Å². The average Bonchev–Trinajstić information content (AvgIpc) is 3.50. The number of benzene rings is 4. The van der Waals surface area contributed by atoms with Crippen LogP contribution >= 0.6 is 0 Å². The zero-order valence-electron chi connectivity index (χ0n) is 42.2. The van der Waals surface area contributed by atoms with Crippen LogP contribution in [0.3, 0.4) is 0 Å². The van der Waals surface area contributed by atoms with E-state index in [-0.39, 0.29) is 56.9 Å². The topological polar surface area (TPSA) is 422 Å². The van der Waals surface area contributed by atoms with Crippen molar-refractivity contribution < 1.29 is 133 Å². The second-order valence-corrected chi connectivity index (χ2v) is 18.5. The maximum Gasteiger partial charge on any atom is 0.331 e. The molecule has 3 fully saturated rings. The molecule has 1 unspecified atom stereocenters. The van der Waals surface area contributed by atoms with Crippen LogP contribution in [0.5, 0.6) is 51.7 Å². The fourth-order valence-corrected chi connectivity index (χ4v) is 8.88. The number of hydrogen-bond donors (Lipinski definition) is 14. The predicted octanol–water partition coefficient (Wildman–Crippen LogP) is -1.08. The molecule has 0 spiro atoms. The molecule has 16 atom stereocenters. The molecule has 15 N–H and O–H groups in total.